The quantitative estimate of drug-likeness (QED) is 0.932. The lowest BCUT2D eigenvalue weighted by Gasteiger charge is -2.10. The molecule has 0 aliphatic carbocycles. The highest BCUT2D eigenvalue weighted by Gasteiger charge is 2.20. The molecule has 0 radical (unpaired) electrons. The number of aryl methyl sites for hydroxylation is 1. The lowest BCUT2D eigenvalue weighted by molar-refractivity contribution is 0.0853. The van der Waals surface area contributed by atoms with Gasteiger partial charge in [0.15, 0.2) is 5.69 Å². The molecule has 1 amide bonds. The van der Waals surface area contributed by atoms with Gasteiger partial charge in [-0.3, -0.25) is 4.79 Å². The maximum absolute atomic E-state index is 12.3. The molecule has 1 aromatic carbocycles. The van der Waals surface area contributed by atoms with Crippen molar-refractivity contribution in [1.82, 2.24) is 20.3 Å². The molecule has 6 nitrogen and oxygen atoms in total. The smallest absolute Gasteiger partial charge is 0.273 e. The molecule has 1 aliphatic heterocycles. The van der Waals surface area contributed by atoms with E-state index < -0.39 is 0 Å². The van der Waals surface area contributed by atoms with E-state index in [-0.39, 0.29) is 12.0 Å². The summed E-state index contributed by atoms with van der Waals surface area (Å²) in [4.78, 5) is 12.3. The van der Waals surface area contributed by atoms with Crippen molar-refractivity contribution >= 4 is 17.5 Å². The molecule has 7 heteroatoms. The number of hydrogen-bond donors (Lipinski definition) is 1. The second kappa shape index (κ2) is 6.68. The van der Waals surface area contributed by atoms with E-state index in [1.165, 1.54) is 0 Å². The van der Waals surface area contributed by atoms with Crippen LogP contribution in [0, 0.1) is 13.8 Å². The van der Waals surface area contributed by atoms with Gasteiger partial charge in [0, 0.05) is 18.2 Å². The molecule has 1 saturated heterocycles. The van der Waals surface area contributed by atoms with Gasteiger partial charge in [0.2, 0.25) is 0 Å². The second-order valence-corrected chi connectivity index (χ2v) is 6.12. The van der Waals surface area contributed by atoms with Crippen LogP contribution in [-0.2, 0) is 4.74 Å². The van der Waals surface area contributed by atoms with Crippen LogP contribution in [0.3, 0.4) is 0 Å². The molecule has 1 N–H and O–H groups in total. The van der Waals surface area contributed by atoms with Crippen LogP contribution in [0.4, 0.5) is 0 Å². The number of hydrogen-bond acceptors (Lipinski definition) is 4. The first-order valence-corrected chi connectivity index (χ1v) is 8.02. The summed E-state index contributed by atoms with van der Waals surface area (Å²) in [5.41, 5.74) is 2.76. The number of aromatic nitrogens is 3. The van der Waals surface area contributed by atoms with Gasteiger partial charge in [0.1, 0.15) is 0 Å². The minimum Gasteiger partial charge on any atom is -0.376 e. The predicted octanol–water partition coefficient (Wildman–Crippen LogP) is 2.45. The third-order valence-electron chi connectivity index (χ3n) is 4.02. The average Bonchev–Trinajstić information content (AvgIpc) is 3.17. The van der Waals surface area contributed by atoms with Crippen molar-refractivity contribution in [3.8, 4) is 5.69 Å². The van der Waals surface area contributed by atoms with Gasteiger partial charge in [0.25, 0.3) is 5.91 Å². The van der Waals surface area contributed by atoms with Crippen LogP contribution in [0.25, 0.3) is 5.69 Å². The molecule has 23 heavy (non-hydrogen) atoms. The Morgan fingerprint density at radius 2 is 2.30 bits per heavy atom. The summed E-state index contributed by atoms with van der Waals surface area (Å²) in [5.74, 6) is -0.234. The Balaban J connectivity index is 1.75. The summed E-state index contributed by atoms with van der Waals surface area (Å²) in [6.45, 7) is 5.02. The van der Waals surface area contributed by atoms with Gasteiger partial charge in [-0.05, 0) is 44.4 Å². The van der Waals surface area contributed by atoms with Crippen LogP contribution in [0.1, 0.15) is 34.6 Å². The van der Waals surface area contributed by atoms with E-state index in [2.05, 4.69) is 15.6 Å². The van der Waals surface area contributed by atoms with Gasteiger partial charge in [-0.1, -0.05) is 22.9 Å². The molecule has 1 aliphatic rings. The van der Waals surface area contributed by atoms with E-state index in [0.717, 1.165) is 30.7 Å². The van der Waals surface area contributed by atoms with E-state index >= 15 is 0 Å². The third-order valence-corrected chi connectivity index (χ3v) is 4.43. The molecule has 0 saturated carbocycles. The highest BCUT2D eigenvalue weighted by Crippen LogP contribution is 2.20. The van der Waals surface area contributed by atoms with Gasteiger partial charge in [-0.15, -0.1) is 5.10 Å². The second-order valence-electron chi connectivity index (χ2n) is 5.71. The molecule has 0 unspecified atom stereocenters. The average molecular weight is 335 g/mol. The first kappa shape index (κ1) is 16.0. The minimum absolute atomic E-state index is 0.102. The van der Waals surface area contributed by atoms with Crippen molar-refractivity contribution in [3.05, 3.63) is 40.2 Å². The van der Waals surface area contributed by atoms with Crippen LogP contribution >= 0.6 is 11.6 Å². The molecule has 3 rings (SSSR count). The highest BCUT2D eigenvalue weighted by atomic mass is 35.5. The Morgan fingerprint density at radius 1 is 1.48 bits per heavy atom. The van der Waals surface area contributed by atoms with E-state index in [4.69, 9.17) is 16.3 Å². The Labute approximate surface area is 139 Å². The fourth-order valence-electron chi connectivity index (χ4n) is 2.59. The SMILES string of the molecule is Cc1ccc(-n2nnc(C(=O)NC[C@@H]3CCCO3)c2C)cc1Cl. The number of ether oxygens (including phenoxy) is 1. The van der Waals surface area contributed by atoms with E-state index in [1.807, 2.05) is 32.0 Å². The van der Waals surface area contributed by atoms with Crippen molar-refractivity contribution in [1.29, 1.82) is 0 Å². The topological polar surface area (TPSA) is 69.0 Å². The highest BCUT2D eigenvalue weighted by molar-refractivity contribution is 6.31. The van der Waals surface area contributed by atoms with Crippen LogP contribution in [0.5, 0.6) is 0 Å². The molecule has 1 fully saturated rings. The van der Waals surface area contributed by atoms with Gasteiger partial charge in [-0.2, -0.15) is 0 Å². The zero-order chi connectivity index (χ0) is 16.4. The first-order valence-electron chi connectivity index (χ1n) is 7.65. The van der Waals surface area contributed by atoms with Crippen molar-refractivity contribution in [2.24, 2.45) is 0 Å². The molecule has 0 spiro atoms. The molecular formula is C16H19ClN4O2. The molecule has 2 heterocycles. The van der Waals surface area contributed by atoms with Crippen LogP contribution in [0.15, 0.2) is 18.2 Å². The van der Waals surface area contributed by atoms with Gasteiger partial charge < -0.3 is 10.1 Å². The van der Waals surface area contributed by atoms with Crippen molar-refractivity contribution in [2.45, 2.75) is 32.8 Å². The Morgan fingerprint density at radius 3 is 3.00 bits per heavy atom. The van der Waals surface area contributed by atoms with Crippen LogP contribution in [-0.4, -0.2) is 40.2 Å². The molecule has 1 aromatic heterocycles. The van der Waals surface area contributed by atoms with Crippen molar-refractivity contribution in [3.63, 3.8) is 0 Å². The predicted molar refractivity (Wildman–Crippen MR) is 87.2 cm³/mol. The number of benzene rings is 1. The fourth-order valence-corrected chi connectivity index (χ4v) is 2.77. The maximum Gasteiger partial charge on any atom is 0.273 e. The summed E-state index contributed by atoms with van der Waals surface area (Å²) < 4.78 is 7.12. The van der Waals surface area contributed by atoms with Crippen LogP contribution in [0.2, 0.25) is 5.02 Å². The normalized spacial score (nSPS) is 17.4. The van der Waals surface area contributed by atoms with Crippen molar-refractivity contribution < 1.29 is 9.53 Å². The number of rotatable bonds is 4. The molecular weight excluding hydrogens is 316 g/mol. The fraction of sp³-hybridized carbons (Fsp3) is 0.438. The third kappa shape index (κ3) is 3.38. The summed E-state index contributed by atoms with van der Waals surface area (Å²) in [5, 5.41) is 11.6. The first-order chi connectivity index (χ1) is 11.1. The number of nitrogens with zero attached hydrogens (tertiary/aromatic N) is 3. The number of amides is 1. The number of halogens is 1. The zero-order valence-corrected chi connectivity index (χ0v) is 13.9. The maximum atomic E-state index is 12.3. The molecule has 2 aromatic rings. The summed E-state index contributed by atoms with van der Waals surface area (Å²) in [6.07, 6.45) is 2.13. The minimum atomic E-state index is -0.234. The van der Waals surface area contributed by atoms with Gasteiger partial charge >= 0.3 is 0 Å². The summed E-state index contributed by atoms with van der Waals surface area (Å²) in [7, 11) is 0. The number of nitrogens with one attached hydrogen (secondary N) is 1. The summed E-state index contributed by atoms with van der Waals surface area (Å²) in [6, 6.07) is 5.62. The lowest BCUT2D eigenvalue weighted by Crippen LogP contribution is -2.32. The largest absolute Gasteiger partial charge is 0.376 e. The monoisotopic (exact) mass is 334 g/mol. The molecule has 122 valence electrons. The van der Waals surface area contributed by atoms with E-state index in [9.17, 15) is 4.79 Å². The zero-order valence-electron chi connectivity index (χ0n) is 13.2. The van der Waals surface area contributed by atoms with Crippen LogP contribution < -0.4 is 5.32 Å². The number of carbonyl (C=O) groups excluding carboxylic acids is 1. The van der Waals surface area contributed by atoms with Gasteiger partial charge in [0.05, 0.1) is 17.5 Å². The van der Waals surface area contributed by atoms with Crippen molar-refractivity contribution in [2.75, 3.05) is 13.2 Å². The Kier molecular flexibility index (Phi) is 4.63. The standard InChI is InChI=1S/C16H19ClN4O2/c1-10-5-6-12(8-14(10)17)21-11(2)15(19-20-21)16(22)18-9-13-4-3-7-23-13/h5-6,8,13H,3-4,7,9H2,1-2H3,(H,18,22)/t13-/m0/s1. The van der Waals surface area contributed by atoms with E-state index in [0.29, 0.717) is 23.0 Å². The molecule has 0 bridgehead atoms. The van der Waals surface area contributed by atoms with Gasteiger partial charge in [-0.25, -0.2) is 4.68 Å². The lowest BCUT2D eigenvalue weighted by atomic mass is 10.2. The van der Waals surface area contributed by atoms with E-state index in [1.54, 1.807) is 4.68 Å². The number of carbonyl (C=O) groups is 1. The summed E-state index contributed by atoms with van der Waals surface area (Å²) >= 11 is 6.15. The Bertz CT molecular complexity index is 723. The molecule has 1 atom stereocenters. The Hall–Kier alpha value is -1.92.